The SMILES string of the molecule is N#Cc1ccc(CN2C(=O)CNC(=O)[C@@H]2Cc2c[nH]c3ccccc23)cc1. The van der Waals surface area contributed by atoms with E-state index in [2.05, 4.69) is 16.4 Å². The zero-order valence-corrected chi connectivity index (χ0v) is 14.6. The highest BCUT2D eigenvalue weighted by atomic mass is 16.2. The molecule has 2 amide bonds. The summed E-state index contributed by atoms with van der Waals surface area (Å²) >= 11 is 0. The number of carbonyl (C=O) groups is 2. The van der Waals surface area contributed by atoms with Gasteiger partial charge in [-0.25, -0.2) is 0 Å². The third-order valence-corrected chi connectivity index (χ3v) is 4.94. The van der Waals surface area contributed by atoms with Gasteiger partial charge in [-0.1, -0.05) is 30.3 Å². The van der Waals surface area contributed by atoms with Gasteiger partial charge in [-0.05, 0) is 29.3 Å². The highest BCUT2D eigenvalue weighted by Crippen LogP contribution is 2.22. The molecule has 1 fully saturated rings. The molecule has 4 rings (SSSR count). The minimum atomic E-state index is -0.568. The Balaban J connectivity index is 1.62. The number of benzene rings is 2. The topological polar surface area (TPSA) is 89.0 Å². The van der Waals surface area contributed by atoms with Crippen molar-refractivity contribution in [3.05, 3.63) is 71.4 Å². The number of amides is 2. The van der Waals surface area contributed by atoms with E-state index in [0.717, 1.165) is 22.0 Å². The molecule has 1 aliphatic rings. The molecule has 1 saturated heterocycles. The van der Waals surface area contributed by atoms with Crippen LogP contribution in [0.2, 0.25) is 0 Å². The minimum absolute atomic E-state index is 0.0134. The second kappa shape index (κ2) is 6.96. The third-order valence-electron chi connectivity index (χ3n) is 4.94. The van der Waals surface area contributed by atoms with E-state index in [4.69, 9.17) is 5.26 Å². The van der Waals surface area contributed by atoms with Gasteiger partial charge in [0.2, 0.25) is 11.8 Å². The summed E-state index contributed by atoms with van der Waals surface area (Å²) in [5.74, 6) is -0.252. The minimum Gasteiger partial charge on any atom is -0.361 e. The molecule has 0 bridgehead atoms. The summed E-state index contributed by atoms with van der Waals surface area (Å²) in [7, 11) is 0. The number of H-pyrrole nitrogens is 1. The van der Waals surface area contributed by atoms with Gasteiger partial charge < -0.3 is 15.2 Å². The molecule has 3 aromatic rings. The fourth-order valence-electron chi connectivity index (χ4n) is 3.49. The van der Waals surface area contributed by atoms with Crippen molar-refractivity contribution in [2.24, 2.45) is 0 Å². The summed E-state index contributed by atoms with van der Waals surface area (Å²) in [6, 6.07) is 16.5. The summed E-state index contributed by atoms with van der Waals surface area (Å²) in [4.78, 5) is 29.9. The molecule has 1 aromatic heterocycles. The molecule has 2 heterocycles. The van der Waals surface area contributed by atoms with Gasteiger partial charge in [-0.15, -0.1) is 0 Å². The Hall–Kier alpha value is -3.59. The second-order valence-corrected chi connectivity index (χ2v) is 6.63. The Morgan fingerprint density at radius 1 is 1.11 bits per heavy atom. The highest BCUT2D eigenvalue weighted by Gasteiger charge is 2.34. The lowest BCUT2D eigenvalue weighted by molar-refractivity contribution is -0.146. The number of aromatic amines is 1. The number of nitrogens with one attached hydrogen (secondary N) is 2. The molecule has 6 nitrogen and oxygen atoms in total. The predicted molar refractivity (Wildman–Crippen MR) is 101 cm³/mol. The van der Waals surface area contributed by atoms with Crippen LogP contribution in [-0.2, 0) is 22.6 Å². The number of piperazine rings is 1. The predicted octanol–water partition coefficient (Wildman–Crippen LogP) is 2.11. The maximum atomic E-state index is 12.5. The van der Waals surface area contributed by atoms with Gasteiger partial charge in [0.15, 0.2) is 0 Å². The first-order chi connectivity index (χ1) is 13.2. The fraction of sp³-hybridized carbons (Fsp3) is 0.190. The quantitative estimate of drug-likeness (QED) is 0.749. The summed E-state index contributed by atoms with van der Waals surface area (Å²) in [6.07, 6.45) is 2.34. The van der Waals surface area contributed by atoms with Crippen molar-refractivity contribution in [2.75, 3.05) is 6.54 Å². The van der Waals surface area contributed by atoms with Crippen LogP contribution in [0.5, 0.6) is 0 Å². The van der Waals surface area contributed by atoms with Crippen LogP contribution >= 0.6 is 0 Å². The standard InChI is InChI=1S/C21H18N4O2/c22-10-14-5-7-15(8-6-14)13-25-19(21(27)24-12-20(25)26)9-16-11-23-18-4-2-1-3-17(16)18/h1-8,11,19,23H,9,12-13H2,(H,24,27)/t19-/m0/s1. The Labute approximate surface area is 156 Å². The van der Waals surface area contributed by atoms with Crippen LogP contribution in [0.1, 0.15) is 16.7 Å². The van der Waals surface area contributed by atoms with Crippen molar-refractivity contribution >= 4 is 22.7 Å². The average molecular weight is 358 g/mol. The maximum absolute atomic E-state index is 12.5. The molecule has 0 unspecified atom stereocenters. The van der Waals surface area contributed by atoms with Crippen LogP contribution in [0.3, 0.4) is 0 Å². The number of aromatic nitrogens is 1. The lowest BCUT2D eigenvalue weighted by Crippen LogP contribution is -2.58. The maximum Gasteiger partial charge on any atom is 0.243 e. The Kier molecular flexibility index (Phi) is 4.35. The lowest BCUT2D eigenvalue weighted by Gasteiger charge is -2.35. The van der Waals surface area contributed by atoms with E-state index < -0.39 is 6.04 Å². The number of nitrogens with zero attached hydrogens (tertiary/aromatic N) is 2. The zero-order chi connectivity index (χ0) is 18.8. The Morgan fingerprint density at radius 3 is 2.67 bits per heavy atom. The van der Waals surface area contributed by atoms with Crippen molar-refractivity contribution in [1.82, 2.24) is 15.2 Å². The van der Waals surface area contributed by atoms with Crippen LogP contribution in [0.4, 0.5) is 0 Å². The molecule has 134 valence electrons. The highest BCUT2D eigenvalue weighted by molar-refractivity contribution is 5.95. The molecule has 0 spiro atoms. The molecular weight excluding hydrogens is 340 g/mol. The number of para-hydroxylation sites is 1. The Bertz CT molecular complexity index is 1050. The van der Waals surface area contributed by atoms with Gasteiger partial charge in [0.25, 0.3) is 0 Å². The third kappa shape index (κ3) is 3.27. The van der Waals surface area contributed by atoms with Gasteiger partial charge in [-0.3, -0.25) is 9.59 Å². The molecule has 0 radical (unpaired) electrons. The summed E-state index contributed by atoms with van der Waals surface area (Å²) in [5.41, 5.74) is 3.47. The summed E-state index contributed by atoms with van der Waals surface area (Å²) in [6.45, 7) is 0.352. The number of hydrogen-bond donors (Lipinski definition) is 2. The molecular formula is C21H18N4O2. The van der Waals surface area contributed by atoms with E-state index in [1.807, 2.05) is 42.6 Å². The summed E-state index contributed by atoms with van der Waals surface area (Å²) < 4.78 is 0. The van der Waals surface area contributed by atoms with E-state index in [0.29, 0.717) is 18.5 Å². The van der Waals surface area contributed by atoms with Crippen molar-refractivity contribution in [3.8, 4) is 6.07 Å². The van der Waals surface area contributed by atoms with Gasteiger partial charge in [0.05, 0.1) is 18.2 Å². The summed E-state index contributed by atoms with van der Waals surface area (Å²) in [5, 5.41) is 12.7. The number of hydrogen-bond acceptors (Lipinski definition) is 3. The van der Waals surface area contributed by atoms with Crippen LogP contribution in [-0.4, -0.2) is 34.3 Å². The number of rotatable bonds is 4. The largest absolute Gasteiger partial charge is 0.361 e. The number of carbonyl (C=O) groups excluding carboxylic acids is 2. The van der Waals surface area contributed by atoms with E-state index in [-0.39, 0.29) is 18.4 Å². The van der Waals surface area contributed by atoms with E-state index in [1.165, 1.54) is 0 Å². The van der Waals surface area contributed by atoms with Gasteiger partial charge >= 0.3 is 0 Å². The van der Waals surface area contributed by atoms with Crippen LogP contribution in [0, 0.1) is 11.3 Å². The lowest BCUT2D eigenvalue weighted by atomic mass is 10.0. The van der Waals surface area contributed by atoms with E-state index in [9.17, 15) is 9.59 Å². The molecule has 2 N–H and O–H groups in total. The fourth-order valence-corrected chi connectivity index (χ4v) is 3.49. The Morgan fingerprint density at radius 2 is 1.89 bits per heavy atom. The van der Waals surface area contributed by atoms with Gasteiger partial charge in [-0.2, -0.15) is 5.26 Å². The first kappa shape index (κ1) is 16.9. The second-order valence-electron chi connectivity index (χ2n) is 6.63. The normalized spacial score (nSPS) is 17.0. The molecule has 0 aliphatic carbocycles. The average Bonchev–Trinajstić information content (AvgIpc) is 3.11. The van der Waals surface area contributed by atoms with Crippen LogP contribution in [0.15, 0.2) is 54.7 Å². The van der Waals surface area contributed by atoms with Gasteiger partial charge in [0, 0.05) is 30.1 Å². The van der Waals surface area contributed by atoms with Crippen LogP contribution in [0.25, 0.3) is 10.9 Å². The van der Waals surface area contributed by atoms with Crippen LogP contribution < -0.4 is 5.32 Å². The molecule has 1 aliphatic heterocycles. The molecule has 0 saturated carbocycles. The van der Waals surface area contributed by atoms with Crippen molar-refractivity contribution in [2.45, 2.75) is 19.0 Å². The zero-order valence-electron chi connectivity index (χ0n) is 14.6. The van der Waals surface area contributed by atoms with Crippen molar-refractivity contribution < 1.29 is 9.59 Å². The van der Waals surface area contributed by atoms with Gasteiger partial charge in [0.1, 0.15) is 6.04 Å². The molecule has 27 heavy (non-hydrogen) atoms. The first-order valence-electron chi connectivity index (χ1n) is 8.77. The smallest absolute Gasteiger partial charge is 0.243 e. The number of fused-ring (bicyclic) bond motifs is 1. The van der Waals surface area contributed by atoms with Crippen molar-refractivity contribution in [1.29, 1.82) is 5.26 Å². The molecule has 2 aromatic carbocycles. The van der Waals surface area contributed by atoms with E-state index in [1.54, 1.807) is 17.0 Å². The monoisotopic (exact) mass is 358 g/mol. The first-order valence-corrected chi connectivity index (χ1v) is 8.77. The molecule has 6 heteroatoms. The van der Waals surface area contributed by atoms with Crippen molar-refractivity contribution in [3.63, 3.8) is 0 Å². The van der Waals surface area contributed by atoms with E-state index >= 15 is 0 Å². The molecule has 1 atom stereocenters. The number of nitriles is 1.